The number of nitrogens with one attached hydrogen (secondary N) is 2. The number of thiophene rings is 1. The van der Waals surface area contributed by atoms with Crippen LogP contribution in [0, 0.1) is 5.92 Å². The molecule has 2 rings (SSSR count). The van der Waals surface area contributed by atoms with Crippen LogP contribution in [0.2, 0.25) is 0 Å². The fourth-order valence-electron chi connectivity index (χ4n) is 1.55. The van der Waals surface area contributed by atoms with Crippen molar-refractivity contribution in [3.8, 4) is 0 Å². The summed E-state index contributed by atoms with van der Waals surface area (Å²) < 4.78 is 0. The minimum absolute atomic E-state index is 0.0550. The molecule has 3 nitrogen and oxygen atoms in total. The van der Waals surface area contributed by atoms with Crippen molar-refractivity contribution in [1.82, 2.24) is 10.6 Å². The quantitative estimate of drug-likeness (QED) is 0.810. The Morgan fingerprint density at radius 3 is 3.07 bits per heavy atom. The third kappa shape index (κ3) is 3.23. The van der Waals surface area contributed by atoms with E-state index in [1.807, 2.05) is 16.8 Å². The van der Waals surface area contributed by atoms with E-state index >= 15 is 0 Å². The Labute approximate surface area is 93.9 Å². The van der Waals surface area contributed by atoms with Crippen LogP contribution in [0.15, 0.2) is 16.8 Å². The van der Waals surface area contributed by atoms with E-state index < -0.39 is 0 Å². The maximum absolute atomic E-state index is 11.5. The van der Waals surface area contributed by atoms with Gasteiger partial charge in [-0.15, -0.1) is 0 Å². The highest BCUT2D eigenvalue weighted by molar-refractivity contribution is 7.07. The molecule has 0 aliphatic heterocycles. The zero-order valence-electron chi connectivity index (χ0n) is 8.82. The van der Waals surface area contributed by atoms with Crippen LogP contribution in [-0.4, -0.2) is 12.1 Å². The number of urea groups is 1. The molecule has 1 unspecified atom stereocenters. The summed E-state index contributed by atoms with van der Waals surface area (Å²) >= 11 is 1.65. The molecular weight excluding hydrogens is 208 g/mol. The molecule has 0 radical (unpaired) electrons. The molecule has 15 heavy (non-hydrogen) atoms. The molecule has 1 aromatic heterocycles. The van der Waals surface area contributed by atoms with Gasteiger partial charge in [0.05, 0.1) is 0 Å². The molecule has 1 heterocycles. The highest BCUT2D eigenvalue weighted by Crippen LogP contribution is 2.32. The molecule has 0 saturated heterocycles. The Kier molecular flexibility index (Phi) is 3.26. The molecule has 1 fully saturated rings. The number of hydrogen-bond acceptors (Lipinski definition) is 2. The zero-order valence-corrected chi connectivity index (χ0v) is 9.64. The summed E-state index contributed by atoms with van der Waals surface area (Å²) in [4.78, 5) is 11.5. The van der Waals surface area contributed by atoms with Crippen LogP contribution >= 0.6 is 11.3 Å². The number of carbonyl (C=O) groups excluding carboxylic acids is 1. The van der Waals surface area contributed by atoms with E-state index in [0.29, 0.717) is 18.5 Å². The largest absolute Gasteiger partial charge is 0.335 e. The van der Waals surface area contributed by atoms with Crippen molar-refractivity contribution in [1.29, 1.82) is 0 Å². The number of hydrogen-bond donors (Lipinski definition) is 2. The molecule has 1 aliphatic rings. The lowest BCUT2D eigenvalue weighted by atomic mass is 10.2. The van der Waals surface area contributed by atoms with Crippen molar-refractivity contribution in [3.63, 3.8) is 0 Å². The van der Waals surface area contributed by atoms with E-state index in [2.05, 4.69) is 17.6 Å². The van der Waals surface area contributed by atoms with E-state index in [4.69, 9.17) is 0 Å². The lowest BCUT2D eigenvalue weighted by Crippen LogP contribution is -2.41. The van der Waals surface area contributed by atoms with Crippen molar-refractivity contribution in [2.24, 2.45) is 5.92 Å². The Balaban J connectivity index is 1.68. The Morgan fingerprint density at radius 1 is 1.67 bits per heavy atom. The molecule has 4 heteroatoms. The first-order valence-electron chi connectivity index (χ1n) is 5.31. The van der Waals surface area contributed by atoms with Gasteiger partial charge in [0.1, 0.15) is 0 Å². The van der Waals surface area contributed by atoms with Gasteiger partial charge in [-0.25, -0.2) is 4.79 Å². The Hall–Kier alpha value is -1.03. The number of rotatable bonds is 4. The SMILES string of the molecule is CC(NC(=O)NCc1ccsc1)C1CC1. The predicted molar refractivity (Wildman–Crippen MR) is 61.9 cm³/mol. The number of carbonyl (C=O) groups is 1. The molecule has 0 aromatic carbocycles. The minimum atomic E-state index is -0.0550. The average molecular weight is 224 g/mol. The van der Waals surface area contributed by atoms with E-state index in [1.54, 1.807) is 11.3 Å². The average Bonchev–Trinajstić information content (AvgIpc) is 2.93. The highest BCUT2D eigenvalue weighted by Gasteiger charge is 2.28. The summed E-state index contributed by atoms with van der Waals surface area (Å²) in [6, 6.07) is 2.28. The second-order valence-corrected chi connectivity index (χ2v) is 4.86. The van der Waals surface area contributed by atoms with Crippen molar-refractivity contribution in [2.75, 3.05) is 0 Å². The molecule has 1 saturated carbocycles. The minimum Gasteiger partial charge on any atom is -0.335 e. The van der Waals surface area contributed by atoms with Gasteiger partial charge in [0.2, 0.25) is 0 Å². The van der Waals surface area contributed by atoms with Gasteiger partial charge in [-0.3, -0.25) is 0 Å². The second-order valence-electron chi connectivity index (χ2n) is 4.08. The second kappa shape index (κ2) is 4.66. The van der Waals surface area contributed by atoms with Gasteiger partial charge < -0.3 is 10.6 Å². The molecule has 0 spiro atoms. The predicted octanol–water partition coefficient (Wildman–Crippen LogP) is 2.35. The zero-order chi connectivity index (χ0) is 10.7. The van der Waals surface area contributed by atoms with Crippen molar-refractivity contribution in [2.45, 2.75) is 32.4 Å². The lowest BCUT2D eigenvalue weighted by molar-refractivity contribution is 0.236. The van der Waals surface area contributed by atoms with Gasteiger partial charge in [-0.05, 0) is 48.1 Å². The van der Waals surface area contributed by atoms with Crippen LogP contribution in [0.1, 0.15) is 25.3 Å². The molecule has 1 aliphatic carbocycles. The van der Waals surface area contributed by atoms with Crippen LogP contribution in [0.3, 0.4) is 0 Å². The van der Waals surface area contributed by atoms with Crippen molar-refractivity contribution >= 4 is 17.4 Å². The molecule has 1 aromatic rings. The fraction of sp³-hybridized carbons (Fsp3) is 0.545. The first-order valence-corrected chi connectivity index (χ1v) is 6.25. The first-order chi connectivity index (χ1) is 7.25. The van der Waals surface area contributed by atoms with Gasteiger partial charge in [0.15, 0.2) is 0 Å². The van der Waals surface area contributed by atoms with E-state index in [1.165, 1.54) is 12.8 Å². The monoisotopic (exact) mass is 224 g/mol. The third-order valence-electron chi connectivity index (χ3n) is 2.72. The van der Waals surface area contributed by atoms with Gasteiger partial charge >= 0.3 is 6.03 Å². The van der Waals surface area contributed by atoms with E-state index in [0.717, 1.165) is 5.56 Å². The summed E-state index contributed by atoms with van der Waals surface area (Å²) in [6.07, 6.45) is 2.51. The van der Waals surface area contributed by atoms with Crippen LogP contribution in [0.4, 0.5) is 4.79 Å². The van der Waals surface area contributed by atoms with E-state index in [9.17, 15) is 4.79 Å². The summed E-state index contributed by atoms with van der Waals surface area (Å²) in [5, 5.41) is 9.87. The molecule has 2 amide bonds. The number of amides is 2. The normalized spacial score (nSPS) is 17.1. The molecular formula is C11H16N2OS. The van der Waals surface area contributed by atoms with Crippen LogP contribution in [0.5, 0.6) is 0 Å². The molecule has 0 bridgehead atoms. The summed E-state index contributed by atoms with van der Waals surface area (Å²) in [6.45, 7) is 2.69. The summed E-state index contributed by atoms with van der Waals surface area (Å²) in [5.74, 6) is 0.705. The van der Waals surface area contributed by atoms with Gasteiger partial charge in [0.25, 0.3) is 0 Å². The molecule has 82 valence electrons. The van der Waals surface area contributed by atoms with Crippen LogP contribution in [0.25, 0.3) is 0 Å². The maximum Gasteiger partial charge on any atom is 0.315 e. The van der Waals surface area contributed by atoms with Gasteiger partial charge in [-0.1, -0.05) is 0 Å². The standard InChI is InChI=1S/C11H16N2OS/c1-8(10-2-3-10)13-11(14)12-6-9-4-5-15-7-9/h4-5,7-8,10H,2-3,6H2,1H3,(H2,12,13,14). The van der Waals surface area contributed by atoms with Crippen LogP contribution in [-0.2, 0) is 6.54 Å². The van der Waals surface area contributed by atoms with Gasteiger partial charge in [-0.2, -0.15) is 11.3 Å². The molecule has 1 atom stereocenters. The highest BCUT2D eigenvalue weighted by atomic mass is 32.1. The summed E-state index contributed by atoms with van der Waals surface area (Å²) in [7, 11) is 0. The molecule has 2 N–H and O–H groups in total. The first kappa shape index (κ1) is 10.5. The van der Waals surface area contributed by atoms with Crippen LogP contribution < -0.4 is 10.6 Å². The maximum atomic E-state index is 11.5. The van der Waals surface area contributed by atoms with Gasteiger partial charge in [0, 0.05) is 12.6 Å². The fourth-order valence-corrected chi connectivity index (χ4v) is 2.22. The lowest BCUT2D eigenvalue weighted by Gasteiger charge is -2.13. The smallest absolute Gasteiger partial charge is 0.315 e. The topological polar surface area (TPSA) is 41.1 Å². The van der Waals surface area contributed by atoms with Crippen molar-refractivity contribution in [3.05, 3.63) is 22.4 Å². The summed E-state index contributed by atoms with van der Waals surface area (Å²) in [5.41, 5.74) is 1.16. The third-order valence-corrected chi connectivity index (χ3v) is 3.45. The Morgan fingerprint density at radius 2 is 2.47 bits per heavy atom. The Bertz CT molecular complexity index is 319. The van der Waals surface area contributed by atoms with Crippen molar-refractivity contribution < 1.29 is 4.79 Å². The van der Waals surface area contributed by atoms with E-state index in [-0.39, 0.29) is 6.03 Å².